The van der Waals surface area contributed by atoms with Crippen molar-refractivity contribution in [3.05, 3.63) is 0 Å². The fourth-order valence-electron chi connectivity index (χ4n) is 2.52. The average molecular weight is 381 g/mol. The van der Waals surface area contributed by atoms with Gasteiger partial charge in [0.25, 0.3) is 0 Å². The van der Waals surface area contributed by atoms with Crippen LogP contribution in [0.3, 0.4) is 0 Å². The minimum Gasteiger partial charge on any atom is -0.465 e. The molecule has 0 saturated heterocycles. The number of hydrogen-bond donors (Lipinski definition) is 3. The molecule has 0 unspecified atom stereocenters. The lowest BCUT2D eigenvalue weighted by atomic mass is 9.95. The molecule has 0 saturated carbocycles. The first-order valence-electron chi connectivity index (χ1n) is 9.07. The number of carbonyl (C=O) groups is 1. The van der Waals surface area contributed by atoms with E-state index in [1.165, 1.54) is 12.8 Å². The molecule has 0 bridgehead atoms. The highest BCUT2D eigenvalue weighted by Gasteiger charge is 2.34. The van der Waals surface area contributed by atoms with E-state index in [4.69, 9.17) is 17.4 Å². The summed E-state index contributed by atoms with van der Waals surface area (Å²) in [4.78, 5) is 12.5. The Balaban J connectivity index is 4.15. The van der Waals surface area contributed by atoms with E-state index in [1.807, 2.05) is 0 Å². The van der Waals surface area contributed by atoms with Crippen molar-refractivity contribution < 1.29 is 9.53 Å². The summed E-state index contributed by atoms with van der Waals surface area (Å²) in [5, 5.41) is 0. The van der Waals surface area contributed by atoms with Crippen LogP contribution in [0.25, 0.3) is 0 Å². The molecule has 0 aromatic rings. The summed E-state index contributed by atoms with van der Waals surface area (Å²) in [7, 11) is 0. The summed E-state index contributed by atoms with van der Waals surface area (Å²) in [6, 6.07) is 0. The maximum atomic E-state index is 12.5. The van der Waals surface area contributed by atoms with Gasteiger partial charge < -0.3 is 4.74 Å². The highest BCUT2D eigenvalue weighted by Crippen LogP contribution is 2.30. The van der Waals surface area contributed by atoms with E-state index in [1.54, 1.807) is 0 Å². The van der Waals surface area contributed by atoms with E-state index >= 15 is 0 Å². The number of ether oxygens (including phenoxy) is 1. The summed E-state index contributed by atoms with van der Waals surface area (Å²) >= 11 is 13.2. The zero-order chi connectivity index (χ0) is 17.6. The van der Waals surface area contributed by atoms with Crippen molar-refractivity contribution in [3.8, 4) is 0 Å². The first-order chi connectivity index (χ1) is 11.0. The van der Waals surface area contributed by atoms with Gasteiger partial charge in [0.05, 0.1) is 6.61 Å². The van der Waals surface area contributed by atoms with Crippen LogP contribution in [0.5, 0.6) is 0 Å². The normalized spacial score (nSPS) is 11.9. The fraction of sp³-hybridized carbons (Fsp3) is 0.944. The molecule has 0 rings (SSSR count). The standard InChI is InChI=1S/C18H36O2S3/c1-16(2)10-4-3-7-13-20-17(19)18(23,11-5-8-14-21)12-6-9-15-22/h16,21-23H,3-15H2,1-2H3. The van der Waals surface area contributed by atoms with Crippen molar-refractivity contribution in [3.63, 3.8) is 0 Å². The van der Waals surface area contributed by atoms with Crippen molar-refractivity contribution in [1.29, 1.82) is 0 Å². The lowest BCUT2D eigenvalue weighted by Crippen LogP contribution is -2.35. The van der Waals surface area contributed by atoms with E-state index in [9.17, 15) is 4.79 Å². The van der Waals surface area contributed by atoms with E-state index < -0.39 is 4.75 Å². The highest BCUT2D eigenvalue weighted by molar-refractivity contribution is 7.82. The fourth-order valence-corrected chi connectivity index (χ4v) is 3.35. The van der Waals surface area contributed by atoms with Gasteiger partial charge in [-0.15, -0.1) is 0 Å². The summed E-state index contributed by atoms with van der Waals surface area (Å²) < 4.78 is 4.89. The Morgan fingerprint density at radius 1 is 0.913 bits per heavy atom. The van der Waals surface area contributed by atoms with Crippen LogP contribution in [-0.4, -0.2) is 28.8 Å². The van der Waals surface area contributed by atoms with Crippen molar-refractivity contribution in [2.45, 2.75) is 82.8 Å². The Morgan fingerprint density at radius 3 is 1.96 bits per heavy atom. The van der Waals surface area contributed by atoms with Gasteiger partial charge in [-0.3, -0.25) is 4.79 Å². The topological polar surface area (TPSA) is 26.3 Å². The van der Waals surface area contributed by atoms with E-state index in [-0.39, 0.29) is 5.97 Å². The van der Waals surface area contributed by atoms with Gasteiger partial charge in [0.1, 0.15) is 4.75 Å². The number of esters is 1. The minimum absolute atomic E-state index is 0.136. The predicted octanol–water partition coefficient (Wildman–Crippen LogP) is 5.61. The summed E-state index contributed by atoms with van der Waals surface area (Å²) in [6.45, 7) is 5.01. The second kappa shape index (κ2) is 14.8. The van der Waals surface area contributed by atoms with Crippen LogP contribution in [0.2, 0.25) is 0 Å². The average Bonchev–Trinajstić information content (AvgIpc) is 2.50. The van der Waals surface area contributed by atoms with Crippen LogP contribution in [0, 0.1) is 5.92 Å². The molecular formula is C18H36O2S3. The summed E-state index contributed by atoms with van der Waals surface area (Å²) in [5.74, 6) is 2.32. The van der Waals surface area contributed by atoms with Crippen LogP contribution in [0.4, 0.5) is 0 Å². The molecule has 5 heteroatoms. The molecule has 0 N–H and O–H groups in total. The van der Waals surface area contributed by atoms with Crippen LogP contribution >= 0.6 is 37.9 Å². The van der Waals surface area contributed by atoms with Gasteiger partial charge in [-0.25, -0.2) is 0 Å². The molecule has 0 aliphatic heterocycles. The molecule has 23 heavy (non-hydrogen) atoms. The van der Waals surface area contributed by atoms with Crippen molar-refractivity contribution in [2.24, 2.45) is 5.92 Å². The highest BCUT2D eigenvalue weighted by atomic mass is 32.1. The van der Waals surface area contributed by atoms with Gasteiger partial charge in [0.2, 0.25) is 0 Å². The molecule has 0 amide bonds. The molecule has 2 nitrogen and oxygen atoms in total. The van der Waals surface area contributed by atoms with Gasteiger partial charge >= 0.3 is 5.97 Å². The third-order valence-electron chi connectivity index (χ3n) is 4.04. The van der Waals surface area contributed by atoms with E-state index in [2.05, 4.69) is 39.1 Å². The Morgan fingerprint density at radius 2 is 1.48 bits per heavy atom. The molecular weight excluding hydrogens is 344 g/mol. The second-order valence-electron chi connectivity index (χ2n) is 6.77. The molecule has 0 radical (unpaired) electrons. The summed E-state index contributed by atoms with van der Waals surface area (Å²) in [5.41, 5.74) is 0. The summed E-state index contributed by atoms with van der Waals surface area (Å²) in [6.07, 6.45) is 10.1. The van der Waals surface area contributed by atoms with E-state index in [0.717, 1.165) is 68.8 Å². The maximum absolute atomic E-state index is 12.5. The maximum Gasteiger partial charge on any atom is 0.321 e. The number of hydrogen-bond acceptors (Lipinski definition) is 5. The monoisotopic (exact) mass is 380 g/mol. The smallest absolute Gasteiger partial charge is 0.321 e. The molecule has 0 aliphatic carbocycles. The zero-order valence-electron chi connectivity index (χ0n) is 14.9. The number of carbonyl (C=O) groups excluding carboxylic acids is 1. The van der Waals surface area contributed by atoms with Crippen LogP contribution in [0.1, 0.15) is 78.1 Å². The first-order valence-corrected chi connectivity index (χ1v) is 10.8. The molecule has 0 spiro atoms. The van der Waals surface area contributed by atoms with Gasteiger partial charge in [-0.2, -0.15) is 37.9 Å². The van der Waals surface area contributed by atoms with Gasteiger partial charge in [0.15, 0.2) is 0 Å². The SMILES string of the molecule is CC(C)CCCCCOC(=O)C(S)(CCCCS)CCCCS. The van der Waals surface area contributed by atoms with Gasteiger partial charge in [-0.05, 0) is 49.5 Å². The lowest BCUT2D eigenvalue weighted by Gasteiger charge is -2.26. The van der Waals surface area contributed by atoms with Crippen LogP contribution in [-0.2, 0) is 9.53 Å². The van der Waals surface area contributed by atoms with Gasteiger partial charge in [-0.1, -0.05) is 46.0 Å². The number of unbranched alkanes of at least 4 members (excludes halogenated alkanes) is 4. The molecule has 0 atom stereocenters. The molecule has 138 valence electrons. The quantitative estimate of drug-likeness (QED) is 0.195. The van der Waals surface area contributed by atoms with Gasteiger partial charge in [0, 0.05) is 0 Å². The number of rotatable bonds is 15. The zero-order valence-corrected chi connectivity index (χ0v) is 17.6. The third-order valence-corrected chi connectivity index (χ3v) is 5.30. The second-order valence-corrected chi connectivity index (χ2v) is 8.52. The Bertz CT molecular complexity index is 286. The van der Waals surface area contributed by atoms with Crippen molar-refractivity contribution >= 4 is 43.9 Å². The molecule has 0 aromatic carbocycles. The number of thiol groups is 3. The lowest BCUT2D eigenvalue weighted by molar-refractivity contribution is -0.147. The predicted molar refractivity (Wildman–Crippen MR) is 111 cm³/mol. The van der Waals surface area contributed by atoms with Crippen LogP contribution in [0.15, 0.2) is 0 Å². The molecule has 0 fully saturated rings. The Hall–Kier alpha value is 0.520. The van der Waals surface area contributed by atoms with Crippen molar-refractivity contribution in [2.75, 3.05) is 18.1 Å². The van der Waals surface area contributed by atoms with E-state index in [0.29, 0.717) is 6.61 Å². The first kappa shape index (κ1) is 23.5. The molecule has 0 aromatic heterocycles. The molecule has 0 aliphatic rings. The minimum atomic E-state index is -0.635. The van der Waals surface area contributed by atoms with Crippen molar-refractivity contribution in [1.82, 2.24) is 0 Å². The Kier molecular flexibility index (Phi) is 15.2. The molecule has 0 heterocycles. The van der Waals surface area contributed by atoms with Crippen LogP contribution < -0.4 is 0 Å². The Labute approximate surface area is 160 Å². The largest absolute Gasteiger partial charge is 0.465 e. The third kappa shape index (κ3) is 12.5.